The zero-order valence-corrected chi connectivity index (χ0v) is 17.9. The first-order chi connectivity index (χ1) is 16.1. The number of hydrogen-bond donors (Lipinski definition) is 2. The maximum Gasteiger partial charge on any atom is 0.422 e. The van der Waals surface area contributed by atoms with Crippen LogP contribution in [0.5, 0.6) is 0 Å². The van der Waals surface area contributed by atoms with Crippen LogP contribution < -0.4 is 11.1 Å². The van der Waals surface area contributed by atoms with E-state index in [4.69, 9.17) is 5.73 Å². The summed E-state index contributed by atoms with van der Waals surface area (Å²) in [5.41, 5.74) is 6.01. The van der Waals surface area contributed by atoms with Gasteiger partial charge in [-0.25, -0.2) is 9.18 Å². The molecule has 1 aliphatic rings. The van der Waals surface area contributed by atoms with Crippen LogP contribution in [0.15, 0.2) is 30.5 Å². The number of benzene rings is 1. The second-order valence-corrected chi connectivity index (χ2v) is 7.79. The molecular formula is C21H22F4N6O3. The second-order valence-electron chi connectivity index (χ2n) is 7.79. The van der Waals surface area contributed by atoms with Gasteiger partial charge in [-0.1, -0.05) is 0 Å². The summed E-state index contributed by atoms with van der Waals surface area (Å²) in [4.78, 5) is 25.0. The van der Waals surface area contributed by atoms with E-state index in [0.717, 1.165) is 0 Å². The van der Waals surface area contributed by atoms with Gasteiger partial charge in [0.1, 0.15) is 11.4 Å². The Labute approximate surface area is 192 Å². The molecule has 0 radical (unpaired) electrons. The predicted molar refractivity (Wildman–Crippen MR) is 111 cm³/mol. The van der Waals surface area contributed by atoms with E-state index in [1.807, 2.05) is 0 Å². The molecule has 1 unspecified atom stereocenters. The van der Waals surface area contributed by atoms with Crippen molar-refractivity contribution in [2.75, 3.05) is 25.0 Å². The van der Waals surface area contributed by atoms with Crippen LogP contribution in [0.1, 0.15) is 35.7 Å². The van der Waals surface area contributed by atoms with Crippen molar-refractivity contribution in [1.29, 1.82) is 5.26 Å². The van der Waals surface area contributed by atoms with Gasteiger partial charge in [0.25, 0.3) is 5.91 Å². The zero-order valence-electron chi connectivity index (χ0n) is 17.9. The number of carbonyl (C=O) groups excluding carboxylic acids is 2. The van der Waals surface area contributed by atoms with Crippen molar-refractivity contribution in [3.05, 3.63) is 41.8 Å². The minimum absolute atomic E-state index is 0.0407. The quantitative estimate of drug-likeness (QED) is 0.579. The van der Waals surface area contributed by atoms with Gasteiger partial charge in [-0.05, 0) is 43.0 Å². The number of likely N-dealkylation sites (tertiary alicyclic amines) is 1. The van der Waals surface area contributed by atoms with Crippen molar-refractivity contribution < 1.29 is 31.9 Å². The van der Waals surface area contributed by atoms with Crippen molar-refractivity contribution in [2.45, 2.75) is 31.5 Å². The molecular weight excluding hydrogens is 460 g/mol. The second kappa shape index (κ2) is 10.4. The normalized spacial score (nSPS) is 15.4. The Morgan fingerprint density at radius 1 is 1.26 bits per heavy atom. The van der Waals surface area contributed by atoms with Gasteiger partial charge < -0.3 is 20.7 Å². The Hall–Kier alpha value is -3.82. The molecule has 3 rings (SSSR count). The van der Waals surface area contributed by atoms with Crippen molar-refractivity contribution in [1.82, 2.24) is 14.7 Å². The predicted octanol–water partition coefficient (Wildman–Crippen LogP) is 3.73. The topological polar surface area (TPSA) is 126 Å². The van der Waals surface area contributed by atoms with E-state index in [9.17, 15) is 32.4 Å². The third-order valence-electron chi connectivity index (χ3n) is 5.45. The molecule has 9 nitrogen and oxygen atoms in total. The number of hydrogen-bond acceptors (Lipinski definition) is 6. The highest BCUT2D eigenvalue weighted by Crippen LogP contribution is 2.33. The van der Waals surface area contributed by atoms with Crippen molar-refractivity contribution in [2.24, 2.45) is 11.7 Å². The van der Waals surface area contributed by atoms with Crippen molar-refractivity contribution in [3.8, 4) is 6.07 Å². The van der Waals surface area contributed by atoms with Gasteiger partial charge in [0.05, 0.1) is 18.5 Å². The maximum absolute atomic E-state index is 13.2. The molecule has 2 amide bonds. The first kappa shape index (κ1) is 24.8. The number of ether oxygens (including phenoxy) is 1. The van der Waals surface area contributed by atoms with Gasteiger partial charge >= 0.3 is 12.3 Å². The van der Waals surface area contributed by atoms with Crippen LogP contribution in [-0.4, -0.2) is 52.6 Å². The zero-order chi connectivity index (χ0) is 24.9. The van der Waals surface area contributed by atoms with Gasteiger partial charge in [-0.15, -0.1) is 0 Å². The Morgan fingerprint density at radius 2 is 1.91 bits per heavy atom. The SMILES string of the molecule is N#CCC(C1CCN(C(=O)OCC(F)(F)F)CC1)n1cc(C(N)=O)c(Nc2ccc(F)cc2)n1. The molecule has 0 saturated carbocycles. The minimum atomic E-state index is -4.61. The number of nitrogens with zero attached hydrogens (tertiary/aromatic N) is 4. The number of nitrogens with one attached hydrogen (secondary N) is 1. The summed E-state index contributed by atoms with van der Waals surface area (Å²) < 4.78 is 55.8. The number of piperidine rings is 1. The van der Waals surface area contributed by atoms with Crippen LogP contribution in [0, 0.1) is 23.1 Å². The molecule has 1 aromatic carbocycles. The average molecular weight is 482 g/mol. The molecule has 2 aromatic rings. The summed E-state index contributed by atoms with van der Waals surface area (Å²) in [5, 5.41) is 16.6. The Morgan fingerprint density at radius 3 is 2.47 bits per heavy atom. The lowest BCUT2D eigenvalue weighted by Crippen LogP contribution is -2.41. The smallest absolute Gasteiger partial charge is 0.422 e. The average Bonchev–Trinajstić information content (AvgIpc) is 3.21. The highest BCUT2D eigenvalue weighted by molar-refractivity contribution is 5.98. The fraction of sp³-hybridized carbons (Fsp3) is 0.429. The summed E-state index contributed by atoms with van der Waals surface area (Å²) in [6, 6.07) is 6.99. The number of anilines is 2. The van der Waals surface area contributed by atoms with E-state index in [-0.39, 0.29) is 36.8 Å². The lowest BCUT2D eigenvalue weighted by molar-refractivity contribution is -0.162. The molecule has 0 aliphatic carbocycles. The highest BCUT2D eigenvalue weighted by Gasteiger charge is 2.34. The summed E-state index contributed by atoms with van der Waals surface area (Å²) in [6.07, 6.45) is -3.42. The largest absolute Gasteiger partial charge is 0.440 e. The maximum atomic E-state index is 13.2. The van der Waals surface area contributed by atoms with E-state index in [1.54, 1.807) is 0 Å². The fourth-order valence-corrected chi connectivity index (χ4v) is 3.78. The molecule has 13 heteroatoms. The molecule has 1 saturated heterocycles. The molecule has 0 bridgehead atoms. The molecule has 1 fully saturated rings. The van der Waals surface area contributed by atoms with Crippen LogP contribution in [0.3, 0.4) is 0 Å². The highest BCUT2D eigenvalue weighted by atomic mass is 19.4. The summed E-state index contributed by atoms with van der Waals surface area (Å²) >= 11 is 0. The van der Waals surface area contributed by atoms with Gasteiger partial charge in [0, 0.05) is 25.0 Å². The number of rotatable bonds is 7. The lowest BCUT2D eigenvalue weighted by Gasteiger charge is -2.35. The first-order valence-corrected chi connectivity index (χ1v) is 10.3. The monoisotopic (exact) mass is 482 g/mol. The number of alkyl halides is 3. The van der Waals surface area contributed by atoms with E-state index in [2.05, 4.69) is 21.2 Å². The third-order valence-corrected chi connectivity index (χ3v) is 5.45. The van der Waals surface area contributed by atoms with Crippen LogP contribution in [0.25, 0.3) is 0 Å². The number of amides is 2. The summed E-state index contributed by atoms with van der Waals surface area (Å²) in [6.45, 7) is -1.36. The van der Waals surface area contributed by atoms with Crippen molar-refractivity contribution in [3.63, 3.8) is 0 Å². The van der Waals surface area contributed by atoms with Gasteiger partial charge in [0.15, 0.2) is 12.4 Å². The number of primary amides is 1. The molecule has 1 aromatic heterocycles. The fourth-order valence-electron chi connectivity index (χ4n) is 3.78. The first-order valence-electron chi connectivity index (χ1n) is 10.3. The summed E-state index contributed by atoms with van der Waals surface area (Å²) in [5.74, 6) is -1.21. The number of nitrogens with two attached hydrogens (primary N) is 1. The third kappa shape index (κ3) is 6.37. The number of nitriles is 1. The summed E-state index contributed by atoms with van der Waals surface area (Å²) in [7, 11) is 0. The number of aromatic nitrogens is 2. The standard InChI is InChI=1S/C21H22F4N6O3/c22-14-1-3-15(4-2-14)28-19-16(18(27)32)11-31(29-19)17(5-8-26)13-6-9-30(10-7-13)20(33)34-12-21(23,24)25/h1-4,11,13,17H,5-7,9-10,12H2,(H2,27,32)(H,28,29). The molecule has 1 atom stereocenters. The molecule has 3 N–H and O–H groups in total. The van der Waals surface area contributed by atoms with E-state index in [1.165, 1.54) is 40.0 Å². The van der Waals surface area contributed by atoms with E-state index >= 15 is 0 Å². The van der Waals surface area contributed by atoms with E-state index in [0.29, 0.717) is 18.5 Å². The van der Waals surface area contributed by atoms with Crippen LogP contribution >= 0.6 is 0 Å². The van der Waals surface area contributed by atoms with Gasteiger partial charge in [-0.3, -0.25) is 9.48 Å². The lowest BCUT2D eigenvalue weighted by atomic mass is 9.88. The molecule has 0 spiro atoms. The molecule has 1 aliphatic heterocycles. The van der Waals surface area contributed by atoms with Crippen LogP contribution in [-0.2, 0) is 4.74 Å². The number of halogens is 4. The van der Waals surface area contributed by atoms with Crippen LogP contribution in [0.4, 0.5) is 33.9 Å². The molecule has 182 valence electrons. The Balaban J connectivity index is 1.72. The Bertz CT molecular complexity index is 1060. The van der Waals surface area contributed by atoms with Crippen LogP contribution in [0.2, 0.25) is 0 Å². The van der Waals surface area contributed by atoms with E-state index < -0.39 is 36.6 Å². The molecule has 34 heavy (non-hydrogen) atoms. The van der Waals surface area contributed by atoms with Gasteiger partial charge in [0.2, 0.25) is 0 Å². The Kier molecular flexibility index (Phi) is 7.60. The van der Waals surface area contributed by atoms with Crippen molar-refractivity contribution >= 4 is 23.5 Å². The number of carbonyl (C=O) groups is 2. The van der Waals surface area contributed by atoms with Gasteiger partial charge in [-0.2, -0.15) is 23.5 Å². The molecule has 2 heterocycles. The minimum Gasteiger partial charge on any atom is -0.440 e.